The molecule has 1 aliphatic rings. The maximum Gasteiger partial charge on any atom is 0.256 e. The van der Waals surface area contributed by atoms with Gasteiger partial charge in [-0.25, -0.2) is 0 Å². The fourth-order valence-electron chi connectivity index (χ4n) is 2.41. The minimum absolute atomic E-state index is 0.190. The standard InChI is InChI=1S/C14H20N4O2/c1-10(2)17-6-7-18(12(9-17)13(15)19)14(20)11-4-3-5-16-8-11/h3-5,8,10,12H,6-7,9H2,1-2H3,(H2,15,19). The first-order valence-electron chi connectivity index (χ1n) is 6.75. The zero-order valence-electron chi connectivity index (χ0n) is 11.8. The van der Waals surface area contributed by atoms with E-state index in [9.17, 15) is 9.59 Å². The molecule has 1 saturated heterocycles. The number of primary amides is 1. The lowest BCUT2D eigenvalue weighted by molar-refractivity contribution is -0.124. The van der Waals surface area contributed by atoms with Crippen LogP contribution >= 0.6 is 0 Å². The predicted octanol–water partition coefficient (Wildman–Crippen LogP) is 0.102. The molecular weight excluding hydrogens is 256 g/mol. The van der Waals surface area contributed by atoms with Gasteiger partial charge in [0.15, 0.2) is 0 Å². The van der Waals surface area contributed by atoms with E-state index in [1.807, 2.05) is 0 Å². The van der Waals surface area contributed by atoms with Crippen LogP contribution in [0.2, 0.25) is 0 Å². The largest absolute Gasteiger partial charge is 0.368 e. The van der Waals surface area contributed by atoms with Gasteiger partial charge in [0.1, 0.15) is 6.04 Å². The Hall–Kier alpha value is -1.95. The molecule has 6 nitrogen and oxygen atoms in total. The summed E-state index contributed by atoms with van der Waals surface area (Å²) in [6.45, 7) is 5.86. The molecule has 1 fully saturated rings. The molecule has 1 aliphatic heterocycles. The summed E-state index contributed by atoms with van der Waals surface area (Å²) in [5.41, 5.74) is 5.94. The van der Waals surface area contributed by atoms with Gasteiger partial charge < -0.3 is 10.6 Å². The monoisotopic (exact) mass is 276 g/mol. The Morgan fingerprint density at radius 3 is 2.70 bits per heavy atom. The van der Waals surface area contributed by atoms with Gasteiger partial charge in [-0.3, -0.25) is 19.5 Å². The molecule has 1 unspecified atom stereocenters. The molecule has 6 heteroatoms. The summed E-state index contributed by atoms with van der Waals surface area (Å²) in [5.74, 6) is -0.655. The van der Waals surface area contributed by atoms with Crippen molar-refractivity contribution in [3.05, 3.63) is 30.1 Å². The number of aromatic nitrogens is 1. The van der Waals surface area contributed by atoms with Crippen LogP contribution < -0.4 is 5.73 Å². The molecule has 1 aromatic heterocycles. The lowest BCUT2D eigenvalue weighted by Crippen LogP contribution is -2.61. The molecule has 0 bridgehead atoms. The summed E-state index contributed by atoms with van der Waals surface area (Å²) < 4.78 is 0. The normalized spacial score (nSPS) is 20.1. The van der Waals surface area contributed by atoms with Crippen LogP contribution in [0.5, 0.6) is 0 Å². The Morgan fingerprint density at radius 1 is 1.40 bits per heavy atom. The van der Waals surface area contributed by atoms with Crippen molar-refractivity contribution in [3.63, 3.8) is 0 Å². The number of pyridine rings is 1. The summed E-state index contributed by atoms with van der Waals surface area (Å²) in [6.07, 6.45) is 3.12. The quantitative estimate of drug-likeness (QED) is 0.849. The van der Waals surface area contributed by atoms with Crippen molar-refractivity contribution in [1.29, 1.82) is 0 Å². The third kappa shape index (κ3) is 2.96. The van der Waals surface area contributed by atoms with E-state index in [1.54, 1.807) is 23.2 Å². The van der Waals surface area contributed by atoms with Gasteiger partial charge in [-0.1, -0.05) is 0 Å². The molecule has 0 radical (unpaired) electrons. The topological polar surface area (TPSA) is 79.5 Å². The van der Waals surface area contributed by atoms with E-state index >= 15 is 0 Å². The van der Waals surface area contributed by atoms with E-state index in [0.29, 0.717) is 24.7 Å². The Labute approximate surface area is 118 Å². The molecule has 0 aromatic carbocycles. The second-order valence-electron chi connectivity index (χ2n) is 5.25. The van der Waals surface area contributed by atoms with E-state index in [-0.39, 0.29) is 5.91 Å². The third-order valence-corrected chi connectivity index (χ3v) is 3.64. The SMILES string of the molecule is CC(C)N1CCN(C(=O)c2cccnc2)C(C(N)=O)C1. The Kier molecular flexibility index (Phi) is 4.34. The minimum Gasteiger partial charge on any atom is -0.368 e. The maximum atomic E-state index is 12.5. The Morgan fingerprint density at radius 2 is 2.15 bits per heavy atom. The molecule has 2 heterocycles. The predicted molar refractivity (Wildman–Crippen MR) is 75.0 cm³/mol. The highest BCUT2D eigenvalue weighted by molar-refractivity contribution is 5.97. The van der Waals surface area contributed by atoms with Crippen molar-refractivity contribution in [2.45, 2.75) is 25.9 Å². The van der Waals surface area contributed by atoms with Gasteiger partial charge >= 0.3 is 0 Å². The van der Waals surface area contributed by atoms with Crippen molar-refractivity contribution in [2.24, 2.45) is 5.73 Å². The first-order valence-corrected chi connectivity index (χ1v) is 6.75. The maximum absolute atomic E-state index is 12.5. The summed E-state index contributed by atoms with van der Waals surface area (Å²) in [6, 6.07) is 3.14. The van der Waals surface area contributed by atoms with Crippen LogP contribution in [0.4, 0.5) is 0 Å². The van der Waals surface area contributed by atoms with Crippen LogP contribution in [-0.2, 0) is 4.79 Å². The third-order valence-electron chi connectivity index (χ3n) is 3.64. The van der Waals surface area contributed by atoms with Crippen LogP contribution in [0.3, 0.4) is 0 Å². The number of amides is 2. The van der Waals surface area contributed by atoms with E-state index < -0.39 is 11.9 Å². The highest BCUT2D eigenvalue weighted by Gasteiger charge is 2.35. The smallest absolute Gasteiger partial charge is 0.256 e. The first-order chi connectivity index (χ1) is 9.50. The summed E-state index contributed by atoms with van der Waals surface area (Å²) in [5, 5.41) is 0. The van der Waals surface area contributed by atoms with Crippen molar-refractivity contribution in [2.75, 3.05) is 19.6 Å². The van der Waals surface area contributed by atoms with Crippen LogP contribution in [0.15, 0.2) is 24.5 Å². The van der Waals surface area contributed by atoms with Crippen LogP contribution in [0.25, 0.3) is 0 Å². The van der Waals surface area contributed by atoms with Gasteiger partial charge in [-0.2, -0.15) is 0 Å². The molecule has 0 saturated carbocycles. The van der Waals surface area contributed by atoms with Crippen molar-refractivity contribution in [3.8, 4) is 0 Å². The number of rotatable bonds is 3. The molecule has 1 atom stereocenters. The highest BCUT2D eigenvalue weighted by atomic mass is 16.2. The van der Waals surface area contributed by atoms with Gasteiger partial charge in [0.25, 0.3) is 5.91 Å². The lowest BCUT2D eigenvalue weighted by atomic mass is 10.1. The zero-order chi connectivity index (χ0) is 14.7. The Balaban J connectivity index is 2.18. The van der Waals surface area contributed by atoms with Crippen molar-refractivity contribution in [1.82, 2.24) is 14.8 Å². The van der Waals surface area contributed by atoms with Gasteiger partial charge in [0, 0.05) is 38.1 Å². The first kappa shape index (κ1) is 14.5. The number of piperazine rings is 1. The van der Waals surface area contributed by atoms with Gasteiger partial charge in [0.05, 0.1) is 5.56 Å². The molecule has 20 heavy (non-hydrogen) atoms. The number of hydrogen-bond acceptors (Lipinski definition) is 4. The molecule has 2 rings (SSSR count). The van der Waals surface area contributed by atoms with Crippen molar-refractivity contribution >= 4 is 11.8 Å². The molecule has 2 amide bonds. The zero-order valence-corrected chi connectivity index (χ0v) is 11.8. The fraction of sp³-hybridized carbons (Fsp3) is 0.500. The van der Waals surface area contributed by atoms with E-state index in [0.717, 1.165) is 6.54 Å². The van der Waals surface area contributed by atoms with Crippen molar-refractivity contribution < 1.29 is 9.59 Å². The van der Waals surface area contributed by atoms with Gasteiger partial charge in [-0.15, -0.1) is 0 Å². The Bertz CT molecular complexity index is 489. The van der Waals surface area contributed by atoms with E-state index in [2.05, 4.69) is 23.7 Å². The average Bonchev–Trinajstić information content (AvgIpc) is 2.46. The number of hydrogen-bond donors (Lipinski definition) is 1. The highest BCUT2D eigenvalue weighted by Crippen LogP contribution is 2.15. The average molecular weight is 276 g/mol. The summed E-state index contributed by atoms with van der Waals surface area (Å²) in [4.78, 5) is 31.8. The van der Waals surface area contributed by atoms with Gasteiger partial charge in [-0.05, 0) is 26.0 Å². The lowest BCUT2D eigenvalue weighted by Gasteiger charge is -2.41. The molecular formula is C14H20N4O2. The van der Waals surface area contributed by atoms with Crippen LogP contribution in [0.1, 0.15) is 24.2 Å². The second kappa shape index (κ2) is 6.00. The number of carbonyl (C=O) groups excluding carboxylic acids is 2. The van der Waals surface area contributed by atoms with Crippen LogP contribution in [-0.4, -0.2) is 58.3 Å². The number of carbonyl (C=O) groups is 2. The van der Waals surface area contributed by atoms with E-state index in [4.69, 9.17) is 5.73 Å². The molecule has 108 valence electrons. The molecule has 0 spiro atoms. The second-order valence-corrected chi connectivity index (χ2v) is 5.25. The molecule has 0 aliphatic carbocycles. The summed E-state index contributed by atoms with van der Waals surface area (Å²) in [7, 11) is 0. The minimum atomic E-state index is -0.584. The van der Waals surface area contributed by atoms with E-state index in [1.165, 1.54) is 6.20 Å². The molecule has 2 N–H and O–H groups in total. The summed E-state index contributed by atoms with van der Waals surface area (Å²) >= 11 is 0. The van der Waals surface area contributed by atoms with Gasteiger partial charge in [0.2, 0.25) is 5.91 Å². The number of nitrogens with zero attached hydrogens (tertiary/aromatic N) is 3. The van der Waals surface area contributed by atoms with Crippen LogP contribution in [0, 0.1) is 0 Å². The number of nitrogens with two attached hydrogens (primary N) is 1. The fourth-order valence-corrected chi connectivity index (χ4v) is 2.41. The molecule has 1 aromatic rings.